The summed E-state index contributed by atoms with van der Waals surface area (Å²) in [5, 5.41) is 6.62. The van der Waals surface area contributed by atoms with Gasteiger partial charge in [-0.05, 0) is 61.7 Å². The molecule has 1 aromatic heterocycles. The average Bonchev–Trinajstić information content (AvgIpc) is 2.62. The van der Waals surface area contributed by atoms with Crippen molar-refractivity contribution in [2.75, 3.05) is 10.6 Å². The number of carbonyl (C=O) groups is 1. The first-order chi connectivity index (χ1) is 12.4. The molecule has 0 bridgehead atoms. The fraction of sp³-hybridized carbons (Fsp3) is 0.150. The molecule has 6 heteroatoms. The van der Waals surface area contributed by atoms with Crippen LogP contribution in [0.3, 0.4) is 0 Å². The molecule has 1 amide bonds. The lowest BCUT2D eigenvalue weighted by Crippen LogP contribution is -2.14. The van der Waals surface area contributed by atoms with E-state index >= 15 is 0 Å². The quantitative estimate of drug-likeness (QED) is 0.678. The maximum absolute atomic E-state index is 12.3. The second-order valence-electron chi connectivity index (χ2n) is 6.12. The highest BCUT2D eigenvalue weighted by Gasteiger charge is 2.10. The summed E-state index contributed by atoms with van der Waals surface area (Å²) in [6.07, 6.45) is 2.97. The van der Waals surface area contributed by atoms with E-state index in [9.17, 15) is 4.79 Å². The summed E-state index contributed by atoms with van der Waals surface area (Å²) in [6.45, 7) is 6.00. The van der Waals surface area contributed by atoms with E-state index < -0.39 is 0 Å². The third-order valence-electron chi connectivity index (χ3n) is 4.11. The van der Waals surface area contributed by atoms with E-state index in [1.807, 2.05) is 57.2 Å². The Kier molecular flexibility index (Phi) is 5.19. The highest BCUT2D eigenvalue weighted by atomic mass is 35.5. The molecule has 0 aliphatic heterocycles. The lowest BCUT2D eigenvalue weighted by atomic mass is 10.1. The molecular formula is C20H19ClN4O. The average molecular weight is 367 g/mol. The Labute approximate surface area is 157 Å². The predicted molar refractivity (Wildman–Crippen MR) is 105 cm³/mol. The molecular weight excluding hydrogens is 348 g/mol. The summed E-state index contributed by atoms with van der Waals surface area (Å²) in [5.74, 6) is 0.240. The highest BCUT2D eigenvalue weighted by Crippen LogP contribution is 2.23. The van der Waals surface area contributed by atoms with Gasteiger partial charge in [0.05, 0.1) is 12.4 Å². The second kappa shape index (κ2) is 7.54. The molecule has 0 aliphatic carbocycles. The summed E-state index contributed by atoms with van der Waals surface area (Å²) in [5.41, 5.74) is 5.15. The normalized spacial score (nSPS) is 10.5. The van der Waals surface area contributed by atoms with Crippen molar-refractivity contribution in [3.63, 3.8) is 0 Å². The van der Waals surface area contributed by atoms with Crippen molar-refractivity contribution < 1.29 is 4.79 Å². The molecule has 1 heterocycles. The summed E-state index contributed by atoms with van der Waals surface area (Å²) >= 11 is 6.02. The maximum Gasteiger partial charge on any atom is 0.275 e. The molecule has 132 valence electrons. The molecule has 0 atom stereocenters. The number of hydrogen-bond acceptors (Lipinski definition) is 4. The van der Waals surface area contributed by atoms with Crippen molar-refractivity contribution in [3.8, 4) is 0 Å². The van der Waals surface area contributed by atoms with Crippen molar-refractivity contribution in [2.24, 2.45) is 0 Å². The molecule has 5 nitrogen and oxygen atoms in total. The van der Waals surface area contributed by atoms with E-state index in [1.54, 1.807) is 0 Å². The van der Waals surface area contributed by atoms with Gasteiger partial charge in [0.15, 0.2) is 0 Å². The van der Waals surface area contributed by atoms with E-state index in [4.69, 9.17) is 11.6 Å². The Balaban J connectivity index is 1.71. The Morgan fingerprint density at radius 1 is 0.923 bits per heavy atom. The minimum atomic E-state index is -0.300. The van der Waals surface area contributed by atoms with E-state index in [-0.39, 0.29) is 11.6 Å². The standard InChI is InChI=1S/C20H19ClN4O/c1-12-5-7-16(8-14(12)3)24-20(26)18-10-23-19(11-22-18)25-17-9-15(21)6-4-13(17)2/h4-11H,1-3H3,(H,23,25)(H,24,26). The number of carbonyl (C=O) groups excluding carboxylic acids is 1. The van der Waals surface area contributed by atoms with Crippen LogP contribution in [0, 0.1) is 20.8 Å². The van der Waals surface area contributed by atoms with Crippen LogP contribution in [0.25, 0.3) is 0 Å². The first-order valence-electron chi connectivity index (χ1n) is 8.16. The van der Waals surface area contributed by atoms with E-state index in [0.29, 0.717) is 10.8 Å². The van der Waals surface area contributed by atoms with Crippen LogP contribution >= 0.6 is 11.6 Å². The number of rotatable bonds is 4. The van der Waals surface area contributed by atoms with Gasteiger partial charge in [0.1, 0.15) is 11.5 Å². The maximum atomic E-state index is 12.3. The van der Waals surface area contributed by atoms with Gasteiger partial charge in [0.2, 0.25) is 0 Å². The van der Waals surface area contributed by atoms with E-state index in [1.165, 1.54) is 18.0 Å². The highest BCUT2D eigenvalue weighted by molar-refractivity contribution is 6.30. The van der Waals surface area contributed by atoms with Gasteiger partial charge >= 0.3 is 0 Å². The van der Waals surface area contributed by atoms with Gasteiger partial charge in [-0.2, -0.15) is 0 Å². The van der Waals surface area contributed by atoms with Crippen LogP contribution in [0.1, 0.15) is 27.2 Å². The first-order valence-corrected chi connectivity index (χ1v) is 8.54. The number of nitrogens with zero attached hydrogens (tertiary/aromatic N) is 2. The lowest BCUT2D eigenvalue weighted by Gasteiger charge is -2.10. The second-order valence-corrected chi connectivity index (χ2v) is 6.56. The molecule has 0 unspecified atom stereocenters. The molecule has 0 fully saturated rings. The van der Waals surface area contributed by atoms with Gasteiger partial charge in [-0.15, -0.1) is 0 Å². The monoisotopic (exact) mass is 366 g/mol. The Morgan fingerprint density at radius 2 is 1.69 bits per heavy atom. The van der Waals surface area contributed by atoms with Crippen molar-refractivity contribution in [1.29, 1.82) is 0 Å². The fourth-order valence-corrected chi connectivity index (χ4v) is 2.56. The zero-order valence-electron chi connectivity index (χ0n) is 14.8. The van der Waals surface area contributed by atoms with Crippen molar-refractivity contribution in [1.82, 2.24) is 9.97 Å². The molecule has 2 aromatic carbocycles. The van der Waals surface area contributed by atoms with Gasteiger partial charge in [-0.3, -0.25) is 4.79 Å². The molecule has 3 rings (SSSR count). The molecule has 2 N–H and O–H groups in total. The molecule has 0 spiro atoms. The van der Waals surface area contributed by atoms with Crippen LogP contribution in [0.2, 0.25) is 5.02 Å². The number of aryl methyl sites for hydroxylation is 3. The zero-order chi connectivity index (χ0) is 18.7. The van der Waals surface area contributed by atoms with Crippen LogP contribution in [-0.4, -0.2) is 15.9 Å². The van der Waals surface area contributed by atoms with Crippen LogP contribution in [0.4, 0.5) is 17.2 Å². The predicted octanol–water partition coefficient (Wildman–Crippen LogP) is 5.05. The lowest BCUT2D eigenvalue weighted by molar-refractivity contribution is 0.102. The minimum Gasteiger partial charge on any atom is -0.339 e. The number of amides is 1. The zero-order valence-corrected chi connectivity index (χ0v) is 15.6. The summed E-state index contributed by atoms with van der Waals surface area (Å²) < 4.78 is 0. The Morgan fingerprint density at radius 3 is 2.38 bits per heavy atom. The van der Waals surface area contributed by atoms with Crippen LogP contribution in [0.5, 0.6) is 0 Å². The third kappa shape index (κ3) is 4.18. The van der Waals surface area contributed by atoms with Crippen LogP contribution < -0.4 is 10.6 Å². The SMILES string of the molecule is Cc1ccc(NC(=O)c2cnc(Nc3cc(Cl)ccc3C)cn2)cc1C. The summed E-state index contributed by atoms with van der Waals surface area (Å²) in [7, 11) is 0. The van der Waals surface area contributed by atoms with Gasteiger partial charge < -0.3 is 10.6 Å². The van der Waals surface area contributed by atoms with Crippen molar-refractivity contribution >= 4 is 34.7 Å². The molecule has 0 saturated heterocycles. The van der Waals surface area contributed by atoms with Gasteiger partial charge in [0, 0.05) is 16.4 Å². The van der Waals surface area contributed by atoms with Gasteiger partial charge in [0.25, 0.3) is 5.91 Å². The van der Waals surface area contributed by atoms with Gasteiger partial charge in [-0.1, -0.05) is 23.7 Å². The smallest absolute Gasteiger partial charge is 0.275 e. The molecule has 26 heavy (non-hydrogen) atoms. The van der Waals surface area contributed by atoms with Crippen molar-refractivity contribution in [2.45, 2.75) is 20.8 Å². The van der Waals surface area contributed by atoms with Crippen molar-refractivity contribution in [3.05, 3.63) is 76.2 Å². The largest absolute Gasteiger partial charge is 0.339 e. The van der Waals surface area contributed by atoms with Crippen LogP contribution in [-0.2, 0) is 0 Å². The first kappa shape index (κ1) is 17.9. The Hall–Kier alpha value is -2.92. The minimum absolute atomic E-state index is 0.247. The number of benzene rings is 2. The Bertz CT molecular complexity index is 955. The van der Waals surface area contributed by atoms with Gasteiger partial charge in [-0.25, -0.2) is 9.97 Å². The number of hydrogen-bond donors (Lipinski definition) is 2. The number of halogens is 1. The topological polar surface area (TPSA) is 66.9 Å². The fourth-order valence-electron chi connectivity index (χ4n) is 2.39. The number of nitrogens with one attached hydrogen (secondary N) is 2. The van der Waals surface area contributed by atoms with Crippen LogP contribution in [0.15, 0.2) is 48.8 Å². The molecule has 0 aliphatic rings. The van der Waals surface area contributed by atoms with E-state index in [2.05, 4.69) is 20.6 Å². The third-order valence-corrected chi connectivity index (χ3v) is 4.35. The number of anilines is 3. The summed E-state index contributed by atoms with van der Waals surface area (Å²) in [6, 6.07) is 11.3. The molecule has 0 saturated carbocycles. The molecule has 3 aromatic rings. The van der Waals surface area contributed by atoms with E-state index in [0.717, 1.165) is 22.5 Å². The summed E-state index contributed by atoms with van der Waals surface area (Å²) in [4.78, 5) is 20.8. The molecule has 0 radical (unpaired) electrons. The number of aromatic nitrogens is 2.